The van der Waals surface area contributed by atoms with Crippen LogP contribution in [0.25, 0.3) is 0 Å². The highest BCUT2D eigenvalue weighted by Gasteiger charge is 2.36. The minimum absolute atomic E-state index is 0.0201. The SMILES string of the molecule is Cc1[nH]nc(CCC(=O)NCC2CC(=O)N(C(C)(C)C)C2)c1C. The molecule has 1 aliphatic heterocycles. The Bertz CT molecular complexity index is 586. The highest BCUT2D eigenvalue weighted by molar-refractivity contribution is 5.80. The summed E-state index contributed by atoms with van der Waals surface area (Å²) in [7, 11) is 0. The molecule has 0 aliphatic carbocycles. The number of carbonyl (C=O) groups is 2. The number of aromatic amines is 1. The summed E-state index contributed by atoms with van der Waals surface area (Å²) in [6.07, 6.45) is 1.59. The van der Waals surface area contributed by atoms with Gasteiger partial charge < -0.3 is 10.2 Å². The van der Waals surface area contributed by atoms with Gasteiger partial charge >= 0.3 is 0 Å². The van der Waals surface area contributed by atoms with Crippen LogP contribution in [0.2, 0.25) is 0 Å². The summed E-state index contributed by atoms with van der Waals surface area (Å²) in [5, 5.41) is 10.1. The Balaban J connectivity index is 1.75. The van der Waals surface area contributed by atoms with Gasteiger partial charge in [0.15, 0.2) is 0 Å². The first-order valence-electron chi connectivity index (χ1n) is 8.26. The lowest BCUT2D eigenvalue weighted by Gasteiger charge is -2.32. The van der Waals surface area contributed by atoms with Crippen LogP contribution < -0.4 is 5.32 Å². The lowest BCUT2D eigenvalue weighted by Crippen LogP contribution is -2.42. The van der Waals surface area contributed by atoms with E-state index >= 15 is 0 Å². The summed E-state index contributed by atoms with van der Waals surface area (Å²) in [5.41, 5.74) is 2.98. The maximum Gasteiger partial charge on any atom is 0.223 e. The number of hydrogen-bond acceptors (Lipinski definition) is 3. The van der Waals surface area contributed by atoms with Gasteiger partial charge in [-0.15, -0.1) is 0 Å². The van der Waals surface area contributed by atoms with Crippen LogP contribution in [0.1, 0.15) is 50.6 Å². The third-order valence-corrected chi connectivity index (χ3v) is 4.55. The van der Waals surface area contributed by atoms with Crippen LogP contribution in [0, 0.1) is 19.8 Å². The van der Waals surface area contributed by atoms with Crippen LogP contribution in [-0.4, -0.2) is 45.5 Å². The summed E-state index contributed by atoms with van der Waals surface area (Å²) in [5.74, 6) is 0.408. The molecule has 23 heavy (non-hydrogen) atoms. The number of nitrogens with one attached hydrogen (secondary N) is 2. The van der Waals surface area contributed by atoms with Gasteiger partial charge in [-0.25, -0.2) is 0 Å². The first-order valence-corrected chi connectivity index (χ1v) is 8.26. The molecule has 2 amide bonds. The van der Waals surface area contributed by atoms with Crippen LogP contribution >= 0.6 is 0 Å². The molecular formula is C17H28N4O2. The van der Waals surface area contributed by atoms with Crippen LogP contribution in [0.15, 0.2) is 0 Å². The predicted molar refractivity (Wildman–Crippen MR) is 89.0 cm³/mol. The van der Waals surface area contributed by atoms with Gasteiger partial charge in [0.2, 0.25) is 11.8 Å². The maximum atomic E-state index is 12.0. The predicted octanol–water partition coefficient (Wildman–Crippen LogP) is 1.72. The molecule has 6 nitrogen and oxygen atoms in total. The topological polar surface area (TPSA) is 78.1 Å². The maximum absolute atomic E-state index is 12.0. The standard InChI is InChI=1S/C17H28N4O2/c1-11-12(2)19-20-14(11)6-7-15(22)18-9-13-8-16(23)21(10-13)17(3,4)5/h13H,6-10H2,1-5H3,(H,18,22)(H,19,20). The molecule has 2 heterocycles. The molecule has 1 fully saturated rings. The summed E-state index contributed by atoms with van der Waals surface area (Å²) >= 11 is 0. The van der Waals surface area contributed by atoms with Crippen molar-refractivity contribution in [3.63, 3.8) is 0 Å². The third-order valence-electron chi connectivity index (χ3n) is 4.55. The van der Waals surface area contributed by atoms with Crippen LogP contribution in [0.5, 0.6) is 0 Å². The molecule has 0 spiro atoms. The van der Waals surface area contributed by atoms with E-state index in [1.165, 1.54) is 0 Å². The molecule has 128 valence electrons. The van der Waals surface area contributed by atoms with Gasteiger partial charge in [0.25, 0.3) is 0 Å². The number of likely N-dealkylation sites (tertiary alicyclic amines) is 1. The molecule has 1 aliphatic rings. The fraction of sp³-hybridized carbons (Fsp3) is 0.706. The molecule has 1 saturated heterocycles. The summed E-state index contributed by atoms with van der Waals surface area (Å²) in [6.45, 7) is 11.4. The van der Waals surface area contributed by atoms with Crippen LogP contribution in [0.4, 0.5) is 0 Å². The number of hydrogen-bond donors (Lipinski definition) is 2. The molecule has 2 rings (SSSR count). The van der Waals surface area contributed by atoms with Gasteiger partial charge in [0, 0.05) is 49.5 Å². The quantitative estimate of drug-likeness (QED) is 0.867. The van der Waals surface area contributed by atoms with E-state index in [0.717, 1.165) is 23.5 Å². The van der Waals surface area contributed by atoms with Crippen LogP contribution in [-0.2, 0) is 16.0 Å². The molecule has 1 aromatic heterocycles. The third kappa shape index (κ3) is 4.33. The molecule has 0 bridgehead atoms. The zero-order valence-electron chi connectivity index (χ0n) is 14.8. The van der Waals surface area contributed by atoms with Crippen molar-refractivity contribution in [1.29, 1.82) is 0 Å². The number of rotatable bonds is 5. The Kier molecular flexibility index (Phi) is 5.12. The van der Waals surface area contributed by atoms with E-state index in [1.807, 2.05) is 39.5 Å². The number of H-pyrrole nitrogens is 1. The van der Waals surface area contributed by atoms with Gasteiger partial charge in [-0.3, -0.25) is 14.7 Å². The second-order valence-electron chi connectivity index (χ2n) is 7.47. The van der Waals surface area contributed by atoms with Crippen molar-refractivity contribution in [2.45, 2.75) is 59.4 Å². The molecule has 1 atom stereocenters. The largest absolute Gasteiger partial charge is 0.356 e. The van der Waals surface area contributed by atoms with Crippen molar-refractivity contribution < 1.29 is 9.59 Å². The minimum atomic E-state index is -0.148. The summed E-state index contributed by atoms with van der Waals surface area (Å²) in [4.78, 5) is 25.9. The number of nitrogens with zero attached hydrogens (tertiary/aromatic N) is 2. The fourth-order valence-electron chi connectivity index (χ4n) is 2.92. The normalized spacial score (nSPS) is 18.6. The Morgan fingerprint density at radius 3 is 2.61 bits per heavy atom. The van der Waals surface area contributed by atoms with Gasteiger partial charge in [-0.05, 0) is 40.2 Å². The van der Waals surface area contributed by atoms with E-state index in [9.17, 15) is 9.59 Å². The Morgan fingerprint density at radius 2 is 2.09 bits per heavy atom. The zero-order chi connectivity index (χ0) is 17.2. The molecule has 0 radical (unpaired) electrons. The van der Waals surface area contributed by atoms with Crippen molar-refractivity contribution >= 4 is 11.8 Å². The first kappa shape index (κ1) is 17.5. The van der Waals surface area contributed by atoms with Crippen LogP contribution in [0.3, 0.4) is 0 Å². The van der Waals surface area contributed by atoms with Crippen molar-refractivity contribution in [1.82, 2.24) is 20.4 Å². The van der Waals surface area contributed by atoms with E-state index < -0.39 is 0 Å². The Hall–Kier alpha value is -1.85. The summed E-state index contributed by atoms with van der Waals surface area (Å²) in [6, 6.07) is 0. The zero-order valence-corrected chi connectivity index (χ0v) is 14.8. The summed E-state index contributed by atoms with van der Waals surface area (Å²) < 4.78 is 0. The molecule has 2 N–H and O–H groups in total. The van der Waals surface area contributed by atoms with E-state index in [-0.39, 0.29) is 23.3 Å². The Labute approximate surface area is 138 Å². The molecule has 1 unspecified atom stereocenters. The molecule has 0 aromatic carbocycles. The number of aromatic nitrogens is 2. The smallest absolute Gasteiger partial charge is 0.223 e. The highest BCUT2D eigenvalue weighted by Crippen LogP contribution is 2.25. The van der Waals surface area contributed by atoms with Crippen molar-refractivity contribution in [3.05, 3.63) is 17.0 Å². The van der Waals surface area contributed by atoms with Crippen molar-refractivity contribution in [2.75, 3.05) is 13.1 Å². The average molecular weight is 320 g/mol. The minimum Gasteiger partial charge on any atom is -0.356 e. The van der Waals surface area contributed by atoms with Gasteiger partial charge in [-0.1, -0.05) is 0 Å². The van der Waals surface area contributed by atoms with E-state index in [2.05, 4.69) is 15.5 Å². The lowest BCUT2D eigenvalue weighted by atomic mass is 10.1. The Morgan fingerprint density at radius 1 is 1.39 bits per heavy atom. The van der Waals surface area contributed by atoms with E-state index in [0.29, 0.717) is 25.8 Å². The lowest BCUT2D eigenvalue weighted by molar-refractivity contribution is -0.131. The fourth-order valence-corrected chi connectivity index (χ4v) is 2.92. The number of aryl methyl sites for hydroxylation is 2. The average Bonchev–Trinajstić information content (AvgIpc) is 2.99. The number of amides is 2. The second kappa shape index (κ2) is 6.72. The monoisotopic (exact) mass is 320 g/mol. The van der Waals surface area contributed by atoms with Crippen molar-refractivity contribution in [2.24, 2.45) is 5.92 Å². The number of carbonyl (C=O) groups excluding carboxylic acids is 2. The first-order chi connectivity index (χ1) is 10.7. The van der Waals surface area contributed by atoms with Gasteiger partial charge in [-0.2, -0.15) is 5.10 Å². The van der Waals surface area contributed by atoms with Gasteiger partial charge in [0.1, 0.15) is 0 Å². The molecule has 1 aromatic rings. The van der Waals surface area contributed by atoms with Gasteiger partial charge in [0.05, 0.1) is 5.69 Å². The van der Waals surface area contributed by atoms with E-state index in [1.54, 1.807) is 0 Å². The van der Waals surface area contributed by atoms with Crippen molar-refractivity contribution in [3.8, 4) is 0 Å². The molecule has 0 saturated carbocycles. The highest BCUT2D eigenvalue weighted by atomic mass is 16.2. The molecular weight excluding hydrogens is 292 g/mol. The second-order valence-corrected chi connectivity index (χ2v) is 7.47. The van der Waals surface area contributed by atoms with E-state index in [4.69, 9.17) is 0 Å². The molecule has 6 heteroatoms.